The predicted octanol–water partition coefficient (Wildman–Crippen LogP) is 9.64. The van der Waals surface area contributed by atoms with Crippen LogP contribution >= 0.6 is 0 Å². The molecule has 0 radical (unpaired) electrons. The van der Waals surface area contributed by atoms with Crippen LogP contribution in [-0.4, -0.2) is 12.6 Å². The van der Waals surface area contributed by atoms with Gasteiger partial charge in [0.05, 0.1) is 12.5 Å². The summed E-state index contributed by atoms with van der Waals surface area (Å²) < 4.78 is 5.75. The molecule has 0 heterocycles. The Balaban J connectivity index is 3.77. The Bertz CT molecular complexity index is 353. The second-order valence-corrected chi connectivity index (χ2v) is 9.54. The van der Waals surface area contributed by atoms with Gasteiger partial charge in [-0.15, -0.1) is 0 Å². The van der Waals surface area contributed by atoms with Crippen LogP contribution in [0.3, 0.4) is 0 Å². The second kappa shape index (κ2) is 23.1. The van der Waals surface area contributed by atoms with Gasteiger partial charge in [0, 0.05) is 0 Å². The molecule has 0 rings (SSSR count). The Morgan fingerprint density at radius 1 is 0.567 bits per heavy atom. The van der Waals surface area contributed by atoms with Gasteiger partial charge in [-0.3, -0.25) is 4.79 Å². The van der Waals surface area contributed by atoms with Crippen molar-refractivity contribution in [2.45, 2.75) is 156 Å². The van der Waals surface area contributed by atoms with E-state index in [9.17, 15) is 4.79 Å². The highest BCUT2D eigenvalue weighted by Crippen LogP contribution is 2.20. The smallest absolute Gasteiger partial charge is 0.308 e. The standard InChI is InChI=1S/C28H56O2/c1-5-9-11-13-15-16-17-18-20-22-24-27(8-4)28(29)30-25-26(7-3)23-21-19-14-12-10-6-2/h26-27H,5-25H2,1-4H3. The molecule has 180 valence electrons. The van der Waals surface area contributed by atoms with Gasteiger partial charge >= 0.3 is 5.97 Å². The van der Waals surface area contributed by atoms with Crippen molar-refractivity contribution in [3.63, 3.8) is 0 Å². The van der Waals surface area contributed by atoms with Gasteiger partial charge in [-0.1, -0.05) is 137 Å². The molecule has 2 atom stereocenters. The van der Waals surface area contributed by atoms with E-state index in [0.717, 1.165) is 19.3 Å². The Hall–Kier alpha value is -0.530. The van der Waals surface area contributed by atoms with Crippen LogP contribution in [-0.2, 0) is 9.53 Å². The maximum absolute atomic E-state index is 12.5. The SMILES string of the molecule is CCCCCCCCCCCCC(CC)C(=O)OCC(CC)CCCCCCCC. The quantitative estimate of drug-likeness (QED) is 0.120. The van der Waals surface area contributed by atoms with Crippen LogP contribution in [0.5, 0.6) is 0 Å². The zero-order valence-electron chi connectivity index (χ0n) is 21.3. The minimum absolute atomic E-state index is 0.0646. The van der Waals surface area contributed by atoms with E-state index in [1.807, 2.05) is 0 Å². The minimum Gasteiger partial charge on any atom is -0.465 e. The molecule has 0 bridgehead atoms. The van der Waals surface area contributed by atoms with Gasteiger partial charge < -0.3 is 4.74 Å². The lowest BCUT2D eigenvalue weighted by Gasteiger charge is -2.18. The van der Waals surface area contributed by atoms with Gasteiger partial charge in [0.15, 0.2) is 0 Å². The fourth-order valence-electron chi connectivity index (χ4n) is 4.30. The summed E-state index contributed by atoms with van der Waals surface area (Å²) in [5.74, 6) is 0.732. The Morgan fingerprint density at radius 3 is 1.43 bits per heavy atom. The summed E-state index contributed by atoms with van der Waals surface area (Å²) >= 11 is 0. The highest BCUT2D eigenvalue weighted by molar-refractivity contribution is 5.72. The van der Waals surface area contributed by atoms with Crippen molar-refractivity contribution >= 4 is 5.97 Å². The molecule has 0 aliphatic carbocycles. The first-order chi connectivity index (χ1) is 14.7. The zero-order valence-corrected chi connectivity index (χ0v) is 21.3. The predicted molar refractivity (Wildman–Crippen MR) is 133 cm³/mol. The number of hydrogen-bond donors (Lipinski definition) is 0. The molecule has 2 unspecified atom stereocenters. The molecule has 0 aliphatic rings. The fourth-order valence-corrected chi connectivity index (χ4v) is 4.30. The highest BCUT2D eigenvalue weighted by Gasteiger charge is 2.19. The third kappa shape index (κ3) is 18.3. The van der Waals surface area contributed by atoms with E-state index in [0.29, 0.717) is 12.5 Å². The lowest BCUT2D eigenvalue weighted by Crippen LogP contribution is -2.21. The molecule has 0 amide bonds. The van der Waals surface area contributed by atoms with Crippen LogP contribution in [0.1, 0.15) is 156 Å². The first-order valence-corrected chi connectivity index (χ1v) is 13.9. The summed E-state index contributed by atoms with van der Waals surface area (Å²) in [5, 5.41) is 0. The van der Waals surface area contributed by atoms with Crippen LogP contribution < -0.4 is 0 Å². The maximum Gasteiger partial charge on any atom is 0.308 e. The number of ether oxygens (including phenoxy) is 1. The minimum atomic E-state index is 0.0646. The van der Waals surface area contributed by atoms with Crippen LogP contribution in [0.15, 0.2) is 0 Å². The Labute approximate surface area is 190 Å². The van der Waals surface area contributed by atoms with Crippen molar-refractivity contribution in [1.29, 1.82) is 0 Å². The molecule has 30 heavy (non-hydrogen) atoms. The van der Waals surface area contributed by atoms with E-state index in [1.165, 1.54) is 109 Å². The highest BCUT2D eigenvalue weighted by atomic mass is 16.5. The van der Waals surface area contributed by atoms with Crippen LogP contribution in [0, 0.1) is 11.8 Å². The van der Waals surface area contributed by atoms with Gasteiger partial charge in [0.25, 0.3) is 0 Å². The molecule has 0 aliphatic heterocycles. The fraction of sp³-hybridized carbons (Fsp3) is 0.964. The van der Waals surface area contributed by atoms with Crippen molar-refractivity contribution < 1.29 is 9.53 Å². The van der Waals surface area contributed by atoms with Crippen molar-refractivity contribution in [3.8, 4) is 0 Å². The molecule has 0 saturated heterocycles. The molecule has 2 heteroatoms. The van der Waals surface area contributed by atoms with E-state index in [4.69, 9.17) is 4.74 Å². The normalized spacial score (nSPS) is 13.3. The van der Waals surface area contributed by atoms with Crippen LogP contribution in [0.25, 0.3) is 0 Å². The lowest BCUT2D eigenvalue weighted by atomic mass is 9.97. The number of carbonyl (C=O) groups is 1. The van der Waals surface area contributed by atoms with Gasteiger partial charge in [0.1, 0.15) is 0 Å². The topological polar surface area (TPSA) is 26.3 Å². The van der Waals surface area contributed by atoms with Crippen molar-refractivity contribution in [2.24, 2.45) is 11.8 Å². The molecule has 0 N–H and O–H groups in total. The molecular formula is C28H56O2. The molecule has 0 aromatic rings. The summed E-state index contributed by atoms with van der Waals surface area (Å²) in [7, 11) is 0. The zero-order chi connectivity index (χ0) is 22.3. The molecule has 0 aromatic carbocycles. The van der Waals surface area contributed by atoms with E-state index < -0.39 is 0 Å². The van der Waals surface area contributed by atoms with Gasteiger partial charge in [-0.25, -0.2) is 0 Å². The van der Waals surface area contributed by atoms with Gasteiger partial charge in [0.2, 0.25) is 0 Å². The molecule has 0 spiro atoms. The van der Waals surface area contributed by atoms with E-state index in [1.54, 1.807) is 0 Å². The summed E-state index contributed by atoms with van der Waals surface area (Å²) in [4.78, 5) is 12.5. The van der Waals surface area contributed by atoms with Crippen molar-refractivity contribution in [3.05, 3.63) is 0 Å². The summed E-state index contributed by atoms with van der Waals surface area (Å²) in [6.07, 6.45) is 25.8. The first-order valence-electron chi connectivity index (χ1n) is 13.9. The average Bonchev–Trinajstić information content (AvgIpc) is 2.76. The van der Waals surface area contributed by atoms with Crippen molar-refractivity contribution in [2.75, 3.05) is 6.61 Å². The number of esters is 1. The molecule has 0 fully saturated rings. The first kappa shape index (κ1) is 29.5. The largest absolute Gasteiger partial charge is 0.465 e. The maximum atomic E-state index is 12.5. The second-order valence-electron chi connectivity index (χ2n) is 9.54. The molecule has 0 aromatic heterocycles. The summed E-state index contributed by atoms with van der Waals surface area (Å²) in [6.45, 7) is 9.55. The number of rotatable bonds is 23. The Morgan fingerprint density at radius 2 is 1.00 bits per heavy atom. The summed E-state index contributed by atoms with van der Waals surface area (Å²) in [6, 6.07) is 0. The number of hydrogen-bond acceptors (Lipinski definition) is 2. The third-order valence-corrected chi connectivity index (χ3v) is 6.74. The van der Waals surface area contributed by atoms with E-state index in [-0.39, 0.29) is 11.9 Å². The molecule has 0 saturated carbocycles. The summed E-state index contributed by atoms with van der Waals surface area (Å²) in [5.41, 5.74) is 0. The van der Waals surface area contributed by atoms with Crippen LogP contribution in [0.4, 0.5) is 0 Å². The van der Waals surface area contributed by atoms with Crippen LogP contribution in [0.2, 0.25) is 0 Å². The van der Waals surface area contributed by atoms with Crippen molar-refractivity contribution in [1.82, 2.24) is 0 Å². The molecule has 2 nitrogen and oxygen atoms in total. The number of unbranched alkanes of at least 4 members (excludes halogenated alkanes) is 14. The van der Waals surface area contributed by atoms with E-state index in [2.05, 4.69) is 27.7 Å². The van der Waals surface area contributed by atoms with Gasteiger partial charge in [-0.05, 0) is 25.2 Å². The Kier molecular flexibility index (Phi) is 22.7. The third-order valence-electron chi connectivity index (χ3n) is 6.74. The van der Waals surface area contributed by atoms with E-state index >= 15 is 0 Å². The average molecular weight is 425 g/mol. The monoisotopic (exact) mass is 424 g/mol. The molecular weight excluding hydrogens is 368 g/mol. The lowest BCUT2D eigenvalue weighted by molar-refractivity contribution is -0.150. The van der Waals surface area contributed by atoms with Gasteiger partial charge in [-0.2, -0.15) is 0 Å². The number of carbonyl (C=O) groups excluding carboxylic acids is 1.